The molecule has 2 heterocycles. The molecule has 2 aliphatic carbocycles. The molecule has 128 valence electrons. The Morgan fingerprint density at radius 3 is 2.96 bits per heavy atom. The molecule has 4 rings (SSSR count). The average Bonchev–Trinajstić information content (AvgIpc) is 3.20. The number of ether oxygens (including phenoxy) is 1. The summed E-state index contributed by atoms with van der Waals surface area (Å²) >= 11 is 1.73. The maximum absolute atomic E-state index is 12.1. The Balaban J connectivity index is 1.37. The number of amides is 1. The van der Waals surface area contributed by atoms with Crippen LogP contribution in [0.5, 0.6) is 5.88 Å². The van der Waals surface area contributed by atoms with Crippen molar-refractivity contribution in [1.82, 2.24) is 15.3 Å². The summed E-state index contributed by atoms with van der Waals surface area (Å²) in [5.41, 5.74) is 1.33. The predicted octanol–water partition coefficient (Wildman–Crippen LogP) is 3.26. The molecular formula is C18H23N3O2S. The quantitative estimate of drug-likeness (QED) is 0.903. The van der Waals surface area contributed by atoms with E-state index in [4.69, 9.17) is 4.74 Å². The van der Waals surface area contributed by atoms with Gasteiger partial charge < -0.3 is 10.1 Å². The lowest BCUT2D eigenvalue weighted by molar-refractivity contribution is -0.123. The number of nitrogens with one attached hydrogen (secondary N) is 1. The third-order valence-corrected chi connectivity index (χ3v) is 6.32. The number of carbonyl (C=O) groups is 1. The largest absolute Gasteiger partial charge is 0.467 e. The summed E-state index contributed by atoms with van der Waals surface area (Å²) in [6, 6.07) is 0. The molecule has 2 aliphatic rings. The summed E-state index contributed by atoms with van der Waals surface area (Å²) in [7, 11) is 0. The molecule has 1 saturated carbocycles. The Bertz CT molecular complexity index is 737. The van der Waals surface area contributed by atoms with Gasteiger partial charge in [-0.3, -0.25) is 4.79 Å². The molecule has 0 spiro atoms. The number of aryl methyl sites for hydroxylation is 2. The highest BCUT2D eigenvalue weighted by Crippen LogP contribution is 2.39. The van der Waals surface area contributed by atoms with Crippen molar-refractivity contribution in [3.8, 4) is 5.88 Å². The van der Waals surface area contributed by atoms with E-state index >= 15 is 0 Å². The van der Waals surface area contributed by atoms with Crippen molar-refractivity contribution in [2.75, 3.05) is 13.2 Å². The topological polar surface area (TPSA) is 64.1 Å². The summed E-state index contributed by atoms with van der Waals surface area (Å²) in [6.07, 6.45) is 11.3. The van der Waals surface area contributed by atoms with Gasteiger partial charge in [0, 0.05) is 11.4 Å². The molecule has 2 aromatic heterocycles. The molecule has 6 heteroatoms. The number of carbonyl (C=O) groups excluding carboxylic acids is 1. The number of hydrogen-bond donors (Lipinski definition) is 1. The molecule has 0 bridgehead atoms. The zero-order valence-corrected chi connectivity index (χ0v) is 14.7. The second-order valence-electron chi connectivity index (χ2n) is 6.81. The van der Waals surface area contributed by atoms with Crippen LogP contribution in [-0.4, -0.2) is 29.0 Å². The summed E-state index contributed by atoms with van der Waals surface area (Å²) in [4.78, 5) is 23.1. The van der Waals surface area contributed by atoms with Crippen LogP contribution in [0.2, 0.25) is 0 Å². The summed E-state index contributed by atoms with van der Waals surface area (Å²) in [6.45, 7) is 0.804. The fourth-order valence-electron chi connectivity index (χ4n) is 3.84. The highest BCUT2D eigenvalue weighted by molar-refractivity contribution is 7.18. The highest BCUT2D eigenvalue weighted by atomic mass is 32.1. The van der Waals surface area contributed by atoms with Crippen molar-refractivity contribution in [2.24, 2.45) is 5.92 Å². The van der Waals surface area contributed by atoms with Gasteiger partial charge in [-0.2, -0.15) is 0 Å². The Hall–Kier alpha value is -1.69. The van der Waals surface area contributed by atoms with Crippen molar-refractivity contribution >= 4 is 27.5 Å². The van der Waals surface area contributed by atoms with Crippen LogP contribution in [0.15, 0.2) is 6.33 Å². The number of thiophene rings is 1. The summed E-state index contributed by atoms with van der Waals surface area (Å²) in [5.74, 6) is 1.14. The van der Waals surface area contributed by atoms with Gasteiger partial charge in [0.05, 0.1) is 5.39 Å². The lowest BCUT2D eigenvalue weighted by atomic mass is 9.89. The lowest BCUT2D eigenvalue weighted by Gasteiger charge is -2.21. The van der Waals surface area contributed by atoms with Gasteiger partial charge >= 0.3 is 0 Å². The van der Waals surface area contributed by atoms with E-state index < -0.39 is 0 Å². The first-order chi connectivity index (χ1) is 11.8. The minimum absolute atomic E-state index is 0.0312. The minimum atomic E-state index is -0.0563. The fourth-order valence-corrected chi connectivity index (χ4v) is 5.06. The van der Waals surface area contributed by atoms with Crippen molar-refractivity contribution < 1.29 is 9.53 Å². The van der Waals surface area contributed by atoms with Crippen molar-refractivity contribution in [1.29, 1.82) is 0 Å². The van der Waals surface area contributed by atoms with E-state index in [0.717, 1.165) is 29.6 Å². The molecule has 0 aromatic carbocycles. The monoisotopic (exact) mass is 345 g/mol. The molecule has 0 saturated heterocycles. The Labute approximate surface area is 145 Å². The minimum Gasteiger partial charge on any atom is -0.467 e. The van der Waals surface area contributed by atoms with E-state index in [0.29, 0.717) is 11.8 Å². The zero-order chi connectivity index (χ0) is 16.4. The average molecular weight is 345 g/mol. The smallest absolute Gasteiger partial charge is 0.258 e. The van der Waals surface area contributed by atoms with Crippen LogP contribution in [0.3, 0.4) is 0 Å². The van der Waals surface area contributed by atoms with Crippen LogP contribution in [0.1, 0.15) is 49.0 Å². The van der Waals surface area contributed by atoms with Gasteiger partial charge in [0.15, 0.2) is 6.61 Å². The third-order valence-electron chi connectivity index (χ3n) is 5.12. The Kier molecular flexibility index (Phi) is 4.65. The number of fused-ring (bicyclic) bond motifs is 3. The molecule has 5 nitrogen and oxygen atoms in total. The van der Waals surface area contributed by atoms with Gasteiger partial charge in [-0.05, 0) is 43.6 Å². The molecule has 0 atom stereocenters. The van der Waals surface area contributed by atoms with Gasteiger partial charge in [-0.25, -0.2) is 9.97 Å². The van der Waals surface area contributed by atoms with Gasteiger partial charge in [-0.1, -0.05) is 19.3 Å². The molecule has 1 N–H and O–H groups in total. The Morgan fingerprint density at radius 2 is 2.08 bits per heavy atom. The van der Waals surface area contributed by atoms with E-state index in [2.05, 4.69) is 15.3 Å². The number of aromatic nitrogens is 2. The molecule has 0 unspecified atom stereocenters. The molecular weight excluding hydrogens is 322 g/mol. The van der Waals surface area contributed by atoms with Crippen LogP contribution < -0.4 is 10.1 Å². The van der Waals surface area contributed by atoms with Crippen LogP contribution >= 0.6 is 11.3 Å². The maximum atomic E-state index is 12.1. The standard InChI is InChI=1S/C18H23N3O2S/c22-15(19-9-12-5-2-1-3-6-12)10-23-17-16-13-7-4-8-14(13)24-18(16)21-11-20-17/h11-12H,1-10H2,(H,19,22). The lowest BCUT2D eigenvalue weighted by Crippen LogP contribution is -2.33. The van der Waals surface area contributed by atoms with Crippen LogP contribution in [-0.2, 0) is 17.6 Å². The highest BCUT2D eigenvalue weighted by Gasteiger charge is 2.22. The zero-order valence-electron chi connectivity index (χ0n) is 13.8. The van der Waals surface area contributed by atoms with E-state index in [1.807, 2.05) is 0 Å². The van der Waals surface area contributed by atoms with E-state index in [1.54, 1.807) is 11.3 Å². The number of rotatable bonds is 5. The van der Waals surface area contributed by atoms with E-state index in [1.165, 1.54) is 55.3 Å². The predicted molar refractivity (Wildman–Crippen MR) is 94.5 cm³/mol. The number of hydrogen-bond acceptors (Lipinski definition) is 5. The van der Waals surface area contributed by atoms with Crippen molar-refractivity contribution in [3.05, 3.63) is 16.8 Å². The Morgan fingerprint density at radius 1 is 1.21 bits per heavy atom. The molecule has 0 aliphatic heterocycles. The molecule has 1 amide bonds. The first kappa shape index (κ1) is 15.8. The van der Waals surface area contributed by atoms with Gasteiger partial charge in [0.2, 0.25) is 5.88 Å². The van der Waals surface area contributed by atoms with Gasteiger partial charge in [-0.15, -0.1) is 11.3 Å². The maximum Gasteiger partial charge on any atom is 0.258 e. The molecule has 1 fully saturated rings. The SMILES string of the molecule is O=C(COc1ncnc2sc3c(c12)CCC3)NCC1CCCCC1. The van der Waals surface area contributed by atoms with Crippen LogP contribution in [0.25, 0.3) is 10.2 Å². The summed E-state index contributed by atoms with van der Waals surface area (Å²) in [5, 5.41) is 4.04. The second-order valence-corrected chi connectivity index (χ2v) is 7.90. The molecule has 24 heavy (non-hydrogen) atoms. The first-order valence-electron chi connectivity index (χ1n) is 8.96. The van der Waals surface area contributed by atoms with Crippen LogP contribution in [0, 0.1) is 5.92 Å². The van der Waals surface area contributed by atoms with E-state index in [9.17, 15) is 4.79 Å². The van der Waals surface area contributed by atoms with E-state index in [-0.39, 0.29) is 12.5 Å². The van der Waals surface area contributed by atoms with Crippen LogP contribution in [0.4, 0.5) is 0 Å². The van der Waals surface area contributed by atoms with Crippen molar-refractivity contribution in [3.63, 3.8) is 0 Å². The van der Waals surface area contributed by atoms with Gasteiger partial charge in [0.25, 0.3) is 5.91 Å². The van der Waals surface area contributed by atoms with Crippen molar-refractivity contribution in [2.45, 2.75) is 51.4 Å². The normalized spacial score (nSPS) is 17.8. The summed E-state index contributed by atoms with van der Waals surface area (Å²) < 4.78 is 5.75. The fraction of sp³-hybridized carbons (Fsp3) is 0.611. The second kappa shape index (κ2) is 7.05. The molecule has 0 radical (unpaired) electrons. The third kappa shape index (κ3) is 3.24. The number of nitrogens with zero attached hydrogens (tertiary/aromatic N) is 2. The molecule has 2 aromatic rings. The first-order valence-corrected chi connectivity index (χ1v) is 9.77. The van der Waals surface area contributed by atoms with Gasteiger partial charge in [0.1, 0.15) is 11.2 Å².